The lowest BCUT2D eigenvalue weighted by atomic mass is 10.2. The van der Waals surface area contributed by atoms with Gasteiger partial charge in [0.15, 0.2) is 6.17 Å². The van der Waals surface area contributed by atoms with E-state index in [2.05, 4.69) is 25.8 Å². The van der Waals surface area contributed by atoms with Gasteiger partial charge in [-0.15, -0.1) is 0 Å². The zero-order valence-corrected chi connectivity index (χ0v) is 20.4. The van der Waals surface area contributed by atoms with Gasteiger partial charge in [-0.1, -0.05) is 81.4 Å². The second-order valence-corrected chi connectivity index (χ2v) is 13.8. The van der Waals surface area contributed by atoms with Crippen molar-refractivity contribution in [1.29, 1.82) is 0 Å². The smallest absolute Gasteiger partial charge is 0.354 e. The van der Waals surface area contributed by atoms with Gasteiger partial charge in [-0.3, -0.25) is 0 Å². The van der Waals surface area contributed by atoms with Crippen LogP contribution < -0.4 is 21.8 Å². The number of aromatic nitrogens is 2. The second kappa shape index (κ2) is 9.05. The van der Waals surface area contributed by atoms with Crippen molar-refractivity contribution in [1.82, 2.24) is 9.55 Å². The molecule has 34 heavy (non-hydrogen) atoms. The molecular weight excluding hydrogens is 456 g/mol. The second-order valence-electron chi connectivity index (χ2n) is 9.53. The molecule has 0 bridgehead atoms. The Morgan fingerprint density at radius 3 is 2.18 bits per heavy atom. The van der Waals surface area contributed by atoms with Crippen molar-refractivity contribution in [2.45, 2.75) is 50.5 Å². The Kier molecular flexibility index (Phi) is 6.45. The summed E-state index contributed by atoms with van der Waals surface area (Å²) >= 11 is 0. The minimum Gasteiger partial charge on any atom is -0.405 e. The summed E-state index contributed by atoms with van der Waals surface area (Å²) in [6.07, 6.45) is -2.16. The van der Waals surface area contributed by atoms with E-state index < -0.39 is 32.3 Å². The molecule has 0 spiro atoms. The van der Waals surface area contributed by atoms with Gasteiger partial charge in [0, 0.05) is 12.6 Å². The van der Waals surface area contributed by atoms with Crippen LogP contribution in [0.25, 0.3) is 0 Å². The molecule has 0 aliphatic carbocycles. The van der Waals surface area contributed by atoms with Crippen molar-refractivity contribution in [3.63, 3.8) is 0 Å². The highest BCUT2D eigenvalue weighted by Crippen LogP contribution is 2.40. The lowest BCUT2D eigenvalue weighted by Crippen LogP contribution is -2.67. The number of alkyl halides is 2. The number of nitrogens with two attached hydrogens (primary N) is 1. The van der Waals surface area contributed by atoms with Crippen LogP contribution in [-0.2, 0) is 15.1 Å². The van der Waals surface area contributed by atoms with Gasteiger partial charge in [0.2, 0.25) is 0 Å². The molecule has 2 heterocycles. The molecule has 180 valence electrons. The number of halogens is 2. The van der Waals surface area contributed by atoms with Crippen LogP contribution >= 0.6 is 0 Å². The van der Waals surface area contributed by atoms with Gasteiger partial charge in [0.25, 0.3) is 8.32 Å². The Morgan fingerprint density at radius 1 is 1.12 bits per heavy atom. The molecule has 2 N–H and O–H groups in total. The summed E-state index contributed by atoms with van der Waals surface area (Å²) in [5.41, 5.74) is 4.47. The van der Waals surface area contributed by atoms with Gasteiger partial charge >= 0.3 is 11.7 Å². The van der Waals surface area contributed by atoms with E-state index in [-0.39, 0.29) is 23.9 Å². The van der Waals surface area contributed by atoms with Gasteiger partial charge in [0.1, 0.15) is 5.82 Å². The van der Waals surface area contributed by atoms with Crippen molar-refractivity contribution < 1.29 is 17.9 Å². The molecule has 0 unspecified atom stereocenters. The molecular formula is C25H29F2N3O3Si. The molecule has 0 radical (unpaired) electrons. The van der Waals surface area contributed by atoms with E-state index >= 15 is 4.39 Å². The molecule has 2 aromatic carbocycles. The van der Waals surface area contributed by atoms with Crippen LogP contribution in [0.2, 0.25) is 5.04 Å². The Labute approximate surface area is 198 Å². The van der Waals surface area contributed by atoms with Crippen LogP contribution in [-0.4, -0.2) is 36.8 Å². The first-order valence-electron chi connectivity index (χ1n) is 11.2. The molecule has 9 heteroatoms. The summed E-state index contributed by atoms with van der Waals surface area (Å²) in [6.45, 7) is 6.32. The number of nitrogens with zero attached hydrogens (tertiary/aromatic N) is 2. The van der Waals surface area contributed by atoms with Crippen LogP contribution in [0, 0.1) is 0 Å². The highest BCUT2D eigenvalue weighted by molar-refractivity contribution is 6.99. The number of rotatable bonds is 6. The maximum atomic E-state index is 15.6. The van der Waals surface area contributed by atoms with Crippen molar-refractivity contribution in [3.05, 3.63) is 83.4 Å². The standard InChI is InChI=1S/C25H29F2N3O3Si/c1-24(2,3)34(19-10-6-4-7-11-19,20-12-8-5-9-13-20)32-17-18-16-21(26)25(27,33-18)30-15-14-22(28)29-23(30)31/h4-15,18,21H,16-17H2,1-3H3,(H2,28,29,31)/t18-,21+,25-/m0/s1. The fourth-order valence-electron chi connectivity index (χ4n) is 4.67. The number of ether oxygens (including phenoxy) is 1. The molecule has 6 nitrogen and oxygen atoms in total. The van der Waals surface area contributed by atoms with E-state index in [1.165, 1.54) is 6.07 Å². The lowest BCUT2D eigenvalue weighted by molar-refractivity contribution is -0.226. The molecule has 0 amide bonds. The van der Waals surface area contributed by atoms with Crippen LogP contribution in [0.5, 0.6) is 0 Å². The van der Waals surface area contributed by atoms with Crippen LogP contribution in [0.4, 0.5) is 14.6 Å². The number of hydrogen-bond donors (Lipinski definition) is 1. The predicted octanol–water partition coefficient (Wildman–Crippen LogP) is 3.11. The first-order chi connectivity index (χ1) is 16.1. The maximum Gasteiger partial charge on any atom is 0.354 e. The lowest BCUT2D eigenvalue weighted by Gasteiger charge is -2.43. The molecule has 3 aromatic rings. The monoisotopic (exact) mass is 485 g/mol. The van der Waals surface area contributed by atoms with Gasteiger partial charge in [-0.05, 0) is 21.5 Å². The number of anilines is 1. The molecule has 1 aromatic heterocycles. The average molecular weight is 486 g/mol. The van der Waals surface area contributed by atoms with Gasteiger partial charge < -0.3 is 14.9 Å². The molecule has 0 saturated carbocycles. The van der Waals surface area contributed by atoms with Crippen LogP contribution in [0.3, 0.4) is 0 Å². The third-order valence-electron chi connectivity index (χ3n) is 6.24. The normalized spacial score (nSPS) is 23.2. The maximum absolute atomic E-state index is 15.6. The van der Waals surface area contributed by atoms with E-state index in [0.29, 0.717) is 4.57 Å². The SMILES string of the molecule is CC(C)(C)[Si](OC[C@@H]1C[C@@H](F)[C@](F)(n2ccc(N)nc2=O)O1)(c1ccccc1)c1ccccc1. The molecule has 1 aliphatic rings. The Bertz CT molecular complexity index is 1150. The third-order valence-corrected chi connectivity index (χ3v) is 11.2. The summed E-state index contributed by atoms with van der Waals surface area (Å²) in [5.74, 6) is -3.05. The van der Waals surface area contributed by atoms with Gasteiger partial charge in [-0.25, -0.2) is 13.8 Å². The van der Waals surface area contributed by atoms with Gasteiger partial charge in [0.05, 0.1) is 12.7 Å². The van der Waals surface area contributed by atoms with Crippen molar-refractivity contribution >= 4 is 24.5 Å². The zero-order valence-electron chi connectivity index (χ0n) is 19.4. The van der Waals surface area contributed by atoms with E-state index in [0.717, 1.165) is 16.6 Å². The molecule has 1 fully saturated rings. The topological polar surface area (TPSA) is 79.4 Å². The fraction of sp³-hybridized carbons (Fsp3) is 0.360. The quantitative estimate of drug-likeness (QED) is 0.543. The Hall–Kier alpha value is -2.88. The van der Waals surface area contributed by atoms with Crippen LogP contribution in [0.1, 0.15) is 27.2 Å². The summed E-state index contributed by atoms with van der Waals surface area (Å²) in [6, 6.07) is 21.1. The molecule has 1 aliphatic heterocycles. The first-order valence-corrected chi connectivity index (χ1v) is 13.1. The fourth-order valence-corrected chi connectivity index (χ4v) is 9.26. The number of nitrogen functional groups attached to an aromatic ring is 1. The van der Waals surface area contributed by atoms with Crippen LogP contribution in [0.15, 0.2) is 77.7 Å². The summed E-state index contributed by atoms with van der Waals surface area (Å²) in [7, 11) is -2.91. The van der Waals surface area contributed by atoms with Gasteiger partial charge in [-0.2, -0.15) is 9.37 Å². The summed E-state index contributed by atoms with van der Waals surface area (Å²) < 4.78 is 43.3. The molecule has 1 saturated heterocycles. The average Bonchev–Trinajstić information content (AvgIpc) is 3.08. The third kappa shape index (κ3) is 4.19. The number of benzene rings is 2. The van der Waals surface area contributed by atoms with E-state index in [1.807, 2.05) is 60.7 Å². The summed E-state index contributed by atoms with van der Waals surface area (Å²) in [5, 5.41) is 1.80. The van der Waals surface area contributed by atoms with E-state index in [9.17, 15) is 9.18 Å². The summed E-state index contributed by atoms with van der Waals surface area (Å²) in [4.78, 5) is 15.7. The highest BCUT2D eigenvalue weighted by atomic mass is 28.4. The minimum absolute atomic E-state index is 0.0312. The molecule has 4 rings (SSSR count). The zero-order chi connectivity index (χ0) is 24.6. The van der Waals surface area contributed by atoms with Crippen molar-refractivity contribution in [3.8, 4) is 0 Å². The highest BCUT2D eigenvalue weighted by Gasteiger charge is 2.55. The Morgan fingerprint density at radius 2 is 1.68 bits per heavy atom. The Balaban J connectivity index is 1.67. The number of hydrogen-bond acceptors (Lipinski definition) is 5. The first kappa shape index (κ1) is 24.2. The minimum atomic E-state index is -2.97. The predicted molar refractivity (Wildman–Crippen MR) is 130 cm³/mol. The molecule has 3 atom stereocenters. The van der Waals surface area contributed by atoms with Crippen molar-refractivity contribution in [2.75, 3.05) is 12.3 Å². The van der Waals surface area contributed by atoms with E-state index in [4.69, 9.17) is 14.9 Å². The van der Waals surface area contributed by atoms with Crippen molar-refractivity contribution in [2.24, 2.45) is 0 Å². The van der Waals surface area contributed by atoms with E-state index in [1.54, 1.807) is 0 Å². The largest absolute Gasteiger partial charge is 0.405 e.